The Morgan fingerprint density at radius 3 is 2.58 bits per heavy atom. The second-order valence-electron chi connectivity index (χ2n) is 6.28. The molecule has 0 atom stereocenters. The summed E-state index contributed by atoms with van der Waals surface area (Å²) in [5.74, 6) is -0.0306. The zero-order valence-electron chi connectivity index (χ0n) is 14.3. The van der Waals surface area contributed by atoms with Crippen molar-refractivity contribution in [3.05, 3.63) is 35.9 Å². The van der Waals surface area contributed by atoms with Gasteiger partial charge in [0, 0.05) is 25.3 Å². The van der Waals surface area contributed by atoms with E-state index >= 15 is 0 Å². The molecular formula is C18H24N4O2. The molecular weight excluding hydrogens is 304 g/mol. The van der Waals surface area contributed by atoms with Gasteiger partial charge >= 0.3 is 0 Å². The van der Waals surface area contributed by atoms with Gasteiger partial charge in [-0.25, -0.2) is 4.98 Å². The lowest BCUT2D eigenvalue weighted by molar-refractivity contribution is 0.0752. The molecule has 1 saturated carbocycles. The van der Waals surface area contributed by atoms with Crippen molar-refractivity contribution >= 4 is 17.3 Å². The fourth-order valence-corrected chi connectivity index (χ4v) is 2.84. The second-order valence-corrected chi connectivity index (χ2v) is 6.28. The summed E-state index contributed by atoms with van der Waals surface area (Å²) in [6.07, 6.45) is 5.60. The van der Waals surface area contributed by atoms with Crippen molar-refractivity contribution in [2.45, 2.75) is 45.6 Å². The van der Waals surface area contributed by atoms with Crippen LogP contribution in [0.1, 0.15) is 60.6 Å². The van der Waals surface area contributed by atoms with E-state index in [2.05, 4.69) is 24.1 Å². The number of pyridine rings is 1. The maximum atomic E-state index is 12.9. The molecule has 2 heterocycles. The minimum absolute atomic E-state index is 0.104. The summed E-state index contributed by atoms with van der Waals surface area (Å²) >= 11 is 0. The molecule has 6 nitrogen and oxygen atoms in total. The molecule has 1 fully saturated rings. The lowest BCUT2D eigenvalue weighted by Crippen LogP contribution is -2.33. The Morgan fingerprint density at radius 1 is 1.25 bits per heavy atom. The van der Waals surface area contributed by atoms with Gasteiger partial charge < -0.3 is 10.2 Å². The van der Waals surface area contributed by atoms with Crippen molar-refractivity contribution in [3.8, 4) is 0 Å². The maximum Gasteiger partial charge on any atom is 0.287 e. The Kier molecular flexibility index (Phi) is 4.83. The van der Waals surface area contributed by atoms with Crippen LogP contribution in [0.25, 0.3) is 5.52 Å². The predicted molar refractivity (Wildman–Crippen MR) is 92.2 cm³/mol. The van der Waals surface area contributed by atoms with Crippen LogP contribution in [-0.4, -0.2) is 45.2 Å². The molecule has 0 aromatic carbocycles. The van der Waals surface area contributed by atoms with Crippen LogP contribution in [0.15, 0.2) is 24.4 Å². The maximum absolute atomic E-state index is 12.9. The van der Waals surface area contributed by atoms with E-state index in [4.69, 9.17) is 0 Å². The molecule has 2 amide bonds. The molecule has 1 aliphatic carbocycles. The fraction of sp³-hybridized carbons (Fsp3) is 0.500. The van der Waals surface area contributed by atoms with Crippen molar-refractivity contribution < 1.29 is 9.59 Å². The highest BCUT2D eigenvalue weighted by Crippen LogP contribution is 2.20. The first-order chi connectivity index (χ1) is 11.7. The van der Waals surface area contributed by atoms with Gasteiger partial charge in [0.1, 0.15) is 0 Å². The van der Waals surface area contributed by atoms with Crippen LogP contribution in [0.2, 0.25) is 0 Å². The minimum Gasteiger partial charge on any atom is -0.347 e. The van der Waals surface area contributed by atoms with Crippen molar-refractivity contribution in [1.82, 2.24) is 19.6 Å². The Morgan fingerprint density at radius 2 is 1.96 bits per heavy atom. The molecule has 2 aromatic rings. The van der Waals surface area contributed by atoms with Crippen LogP contribution >= 0.6 is 0 Å². The number of fused-ring (bicyclic) bond motifs is 1. The van der Waals surface area contributed by atoms with Crippen LogP contribution in [0, 0.1) is 0 Å². The zero-order chi connectivity index (χ0) is 17.1. The highest BCUT2D eigenvalue weighted by Gasteiger charge is 2.28. The van der Waals surface area contributed by atoms with Crippen molar-refractivity contribution in [1.29, 1.82) is 0 Å². The lowest BCUT2D eigenvalue weighted by atomic mass is 10.2. The fourth-order valence-electron chi connectivity index (χ4n) is 2.84. The molecule has 0 bridgehead atoms. The number of carbonyl (C=O) groups is 2. The van der Waals surface area contributed by atoms with E-state index in [0.717, 1.165) is 25.7 Å². The number of hydrogen-bond acceptors (Lipinski definition) is 3. The molecule has 1 N–H and O–H groups in total. The summed E-state index contributed by atoms with van der Waals surface area (Å²) in [4.78, 5) is 31.6. The Hall–Kier alpha value is -2.37. The van der Waals surface area contributed by atoms with Gasteiger partial charge in [-0.1, -0.05) is 19.9 Å². The predicted octanol–water partition coefficient (Wildman–Crippen LogP) is 2.49. The van der Waals surface area contributed by atoms with Crippen LogP contribution in [0.4, 0.5) is 0 Å². The molecule has 3 rings (SSSR count). The lowest BCUT2D eigenvalue weighted by Gasteiger charge is -2.20. The van der Waals surface area contributed by atoms with E-state index < -0.39 is 0 Å². The SMILES string of the molecule is CCCN(CCC)C(=O)c1nc(C(=O)NC2CC2)n2ccccc12. The molecule has 0 radical (unpaired) electrons. The average molecular weight is 328 g/mol. The molecule has 2 aromatic heterocycles. The normalized spacial score (nSPS) is 13.9. The van der Waals surface area contributed by atoms with Gasteiger partial charge in [0.15, 0.2) is 5.69 Å². The summed E-state index contributed by atoms with van der Waals surface area (Å²) in [6, 6.07) is 5.79. The number of rotatable bonds is 7. The van der Waals surface area contributed by atoms with E-state index in [1.54, 1.807) is 10.6 Å². The van der Waals surface area contributed by atoms with E-state index in [1.165, 1.54) is 0 Å². The largest absolute Gasteiger partial charge is 0.347 e. The molecule has 0 unspecified atom stereocenters. The molecule has 1 aliphatic rings. The average Bonchev–Trinajstić information content (AvgIpc) is 3.31. The Bertz CT molecular complexity index is 743. The van der Waals surface area contributed by atoms with Gasteiger partial charge in [-0.3, -0.25) is 14.0 Å². The molecule has 24 heavy (non-hydrogen) atoms. The number of aromatic nitrogens is 2. The monoisotopic (exact) mass is 328 g/mol. The third-order valence-electron chi connectivity index (χ3n) is 4.14. The summed E-state index contributed by atoms with van der Waals surface area (Å²) in [6.45, 7) is 5.50. The summed E-state index contributed by atoms with van der Waals surface area (Å²) < 4.78 is 1.71. The van der Waals surface area contributed by atoms with E-state index in [1.807, 2.05) is 23.1 Å². The van der Waals surface area contributed by atoms with Crippen LogP contribution < -0.4 is 5.32 Å². The number of nitrogens with zero attached hydrogens (tertiary/aromatic N) is 3. The van der Waals surface area contributed by atoms with E-state index in [-0.39, 0.29) is 23.7 Å². The second kappa shape index (κ2) is 7.03. The Balaban J connectivity index is 1.97. The van der Waals surface area contributed by atoms with Gasteiger partial charge in [0.25, 0.3) is 11.8 Å². The van der Waals surface area contributed by atoms with Crippen LogP contribution in [0.3, 0.4) is 0 Å². The standard InChI is InChI=1S/C18H24N4O2/c1-3-10-21(11-4-2)18(24)15-14-7-5-6-12-22(14)16(20-15)17(23)19-13-8-9-13/h5-7,12-13H,3-4,8-11H2,1-2H3,(H,19,23). The van der Waals surface area contributed by atoms with Gasteiger partial charge in [-0.15, -0.1) is 0 Å². The number of imidazole rings is 1. The molecule has 0 spiro atoms. The molecule has 0 saturated heterocycles. The minimum atomic E-state index is -0.213. The smallest absolute Gasteiger partial charge is 0.287 e. The summed E-state index contributed by atoms with van der Waals surface area (Å²) in [5.41, 5.74) is 1.04. The van der Waals surface area contributed by atoms with E-state index in [0.29, 0.717) is 24.3 Å². The van der Waals surface area contributed by atoms with Crippen LogP contribution in [0.5, 0.6) is 0 Å². The molecule has 0 aliphatic heterocycles. The number of hydrogen-bond donors (Lipinski definition) is 1. The Labute approximate surface area is 141 Å². The highest BCUT2D eigenvalue weighted by molar-refractivity contribution is 6.02. The van der Waals surface area contributed by atoms with Gasteiger partial charge in [0.2, 0.25) is 5.82 Å². The van der Waals surface area contributed by atoms with Gasteiger partial charge in [0.05, 0.1) is 5.52 Å². The zero-order valence-corrected chi connectivity index (χ0v) is 14.3. The first kappa shape index (κ1) is 16.5. The summed E-state index contributed by atoms with van der Waals surface area (Å²) in [5, 5.41) is 2.95. The number of amides is 2. The number of nitrogens with one attached hydrogen (secondary N) is 1. The van der Waals surface area contributed by atoms with Crippen molar-refractivity contribution in [2.24, 2.45) is 0 Å². The van der Waals surface area contributed by atoms with Gasteiger partial charge in [-0.2, -0.15) is 0 Å². The molecule has 6 heteroatoms. The van der Waals surface area contributed by atoms with E-state index in [9.17, 15) is 9.59 Å². The summed E-state index contributed by atoms with van der Waals surface area (Å²) in [7, 11) is 0. The third-order valence-corrected chi connectivity index (χ3v) is 4.14. The molecule has 128 valence electrons. The van der Waals surface area contributed by atoms with Crippen LogP contribution in [-0.2, 0) is 0 Å². The van der Waals surface area contributed by atoms with Gasteiger partial charge in [-0.05, 0) is 37.8 Å². The first-order valence-electron chi connectivity index (χ1n) is 8.72. The van der Waals surface area contributed by atoms with Crippen molar-refractivity contribution in [2.75, 3.05) is 13.1 Å². The van der Waals surface area contributed by atoms with Crippen molar-refractivity contribution in [3.63, 3.8) is 0 Å². The third kappa shape index (κ3) is 3.27. The first-order valence-corrected chi connectivity index (χ1v) is 8.72. The number of carbonyl (C=O) groups excluding carboxylic acids is 2. The topological polar surface area (TPSA) is 66.7 Å². The quantitative estimate of drug-likeness (QED) is 0.849. The highest BCUT2D eigenvalue weighted by atomic mass is 16.2.